The Balaban J connectivity index is -0.000000169. The van der Waals surface area contributed by atoms with Crippen LogP contribution in [0.2, 0.25) is 64.5 Å². The van der Waals surface area contributed by atoms with E-state index in [0.29, 0.717) is 57.6 Å². The molecule has 3 unspecified atom stereocenters. The SMILES string of the molecule is C.C.C.C.C.C.C.C.C.C.C.C.[2H]O[Si](C)(C)O[Si](C)(CCCNCCN)O[Si](C)(C)O[Si](CN1CCOCC1)(O[Si]([B])(C)C)O[Si](C)(CCCCCCN)O[2H]. The van der Waals surface area contributed by atoms with E-state index in [4.69, 9.17) is 56.7 Å². The number of nitrogens with one attached hydrogen (secondary N) is 1. The van der Waals surface area contributed by atoms with Gasteiger partial charge >= 0.3 is 43.0 Å². The zero-order valence-electron chi connectivity index (χ0n) is 30.3. The van der Waals surface area contributed by atoms with E-state index in [1.807, 2.05) is 52.4 Å². The predicted octanol–water partition coefficient (Wildman–Crippen LogP) is 9.37. The van der Waals surface area contributed by atoms with Gasteiger partial charge in [0.15, 0.2) is 2.86 Å². The van der Waals surface area contributed by atoms with Crippen molar-refractivity contribution in [3.05, 3.63) is 0 Å². The van der Waals surface area contributed by atoms with E-state index in [0.717, 1.165) is 45.2 Å². The first-order valence-electron chi connectivity index (χ1n) is 16.7. The minimum Gasteiger partial charge on any atom is -0.424 e. The standard InChI is InChI=1S/C24H63BN4O8Si6.12CH4/c1-38(2,25)33-43(24-29-18-20-32-21-19-29,37-41(7,31)22-12-10-9-11-14-26)36-40(5,6)35-42(8,34-39(3,4)30)23-13-16-28-17-15-27;;;;;;;;;;;;/h28,30-31H,9-24,26-27H2,1-8H3;12*1H4/i30D,31D;;;;;;;;;;;;. The van der Waals surface area contributed by atoms with Crippen molar-refractivity contribution in [3.63, 3.8) is 0 Å². The number of hydrogen-bond donors (Lipinski definition) is 5. The Morgan fingerprint density at radius 2 is 1.16 bits per heavy atom. The van der Waals surface area contributed by atoms with Gasteiger partial charge in [-0.3, -0.25) is 4.90 Å². The van der Waals surface area contributed by atoms with E-state index in [-0.39, 0.29) is 89.1 Å². The fourth-order valence-electron chi connectivity index (χ4n) is 5.24. The van der Waals surface area contributed by atoms with Crippen molar-refractivity contribution in [3.8, 4) is 0 Å². The molecule has 0 aromatic rings. The number of ether oxygens (including phenoxy) is 1. The molecule has 1 rings (SSSR count). The van der Waals surface area contributed by atoms with Crippen LogP contribution >= 0.6 is 0 Å². The molecule has 12 nitrogen and oxygen atoms in total. The van der Waals surface area contributed by atoms with Crippen LogP contribution in [0.4, 0.5) is 0 Å². The Morgan fingerprint density at radius 3 is 1.62 bits per heavy atom. The lowest BCUT2D eigenvalue weighted by Crippen LogP contribution is -2.69. The zero-order chi connectivity index (χ0) is 34.3. The Hall–Kier alpha value is 0.886. The normalized spacial score (nSPS) is 16.1. The van der Waals surface area contributed by atoms with Gasteiger partial charge in [0, 0.05) is 26.2 Å². The largest absolute Gasteiger partial charge is 0.487 e. The van der Waals surface area contributed by atoms with Gasteiger partial charge in [-0.1, -0.05) is 121 Å². The van der Waals surface area contributed by atoms with Gasteiger partial charge in [0.05, 0.1) is 26.8 Å². The van der Waals surface area contributed by atoms with E-state index in [1.54, 1.807) is 0 Å². The molecule has 7 N–H and O–H groups in total. The molecule has 2 radical (unpaired) electrons. The van der Waals surface area contributed by atoms with Gasteiger partial charge in [0.2, 0.25) is 0 Å². The van der Waals surface area contributed by atoms with Gasteiger partial charge in [-0.25, -0.2) is 0 Å². The second kappa shape index (κ2) is 40.3. The summed E-state index contributed by atoms with van der Waals surface area (Å²) in [6, 6.07) is 1.29. The van der Waals surface area contributed by atoms with E-state index < -0.39 is 51.2 Å². The average molecular weight is 910 g/mol. The summed E-state index contributed by atoms with van der Waals surface area (Å²) < 4.78 is 55.9. The van der Waals surface area contributed by atoms with Crippen LogP contribution in [-0.4, -0.2) is 135 Å². The van der Waals surface area contributed by atoms with Crippen molar-refractivity contribution >= 4 is 58.7 Å². The van der Waals surface area contributed by atoms with Crippen LogP contribution in [0.1, 0.15) is 121 Å². The van der Waals surface area contributed by atoms with Crippen LogP contribution in [0, 0.1) is 0 Å². The molecular weight excluding hydrogens is 796 g/mol. The monoisotopic (exact) mass is 909 g/mol. The molecule has 0 spiro atoms. The van der Waals surface area contributed by atoms with Crippen LogP contribution in [0.5, 0.6) is 0 Å². The minimum absolute atomic E-state index is 0. The molecule has 1 aliphatic heterocycles. The third kappa shape index (κ3) is 42.8. The first-order chi connectivity index (χ1) is 20.9. The third-order valence-corrected chi connectivity index (χ3v) is 26.8. The van der Waals surface area contributed by atoms with Crippen molar-refractivity contribution in [1.82, 2.24) is 10.2 Å². The zero-order valence-corrected chi connectivity index (χ0v) is 34.3. The summed E-state index contributed by atoms with van der Waals surface area (Å²) in [6.07, 6.45) is 5.02. The molecule has 55 heavy (non-hydrogen) atoms. The molecule has 0 aromatic carbocycles. The van der Waals surface area contributed by atoms with E-state index >= 15 is 0 Å². The van der Waals surface area contributed by atoms with Crippen LogP contribution in [0.15, 0.2) is 0 Å². The van der Waals surface area contributed by atoms with Gasteiger partial charge < -0.3 is 51.7 Å². The maximum atomic E-state index is 8.12. The summed E-state index contributed by atoms with van der Waals surface area (Å²) in [5, 5.41) is 3.33. The summed E-state index contributed by atoms with van der Waals surface area (Å²) >= 11 is 0. The van der Waals surface area contributed by atoms with Crippen LogP contribution in [0.3, 0.4) is 0 Å². The number of unbranched alkanes of at least 4 members (excludes halogenated alkanes) is 3. The molecule has 1 heterocycles. The van der Waals surface area contributed by atoms with E-state index in [9.17, 15) is 0 Å². The van der Waals surface area contributed by atoms with Gasteiger partial charge in [-0.15, -0.1) is 0 Å². The molecule has 1 fully saturated rings. The van der Waals surface area contributed by atoms with Crippen molar-refractivity contribution in [1.29, 1.82) is 2.86 Å². The second-order valence-corrected chi connectivity index (χ2v) is 33.5. The molecule has 1 saturated heterocycles. The Bertz CT molecular complexity index is 841. The Kier molecular flexibility index (Phi) is 58.6. The van der Waals surface area contributed by atoms with Crippen LogP contribution in [0.25, 0.3) is 0 Å². The smallest absolute Gasteiger partial charge is 0.424 e. The van der Waals surface area contributed by atoms with Gasteiger partial charge in [-0.05, 0) is 77.3 Å². The van der Waals surface area contributed by atoms with Crippen molar-refractivity contribution in [2.24, 2.45) is 11.5 Å². The summed E-state index contributed by atoms with van der Waals surface area (Å²) in [4.78, 5) is 12.7. The number of rotatable bonds is 26. The molecule has 0 saturated carbocycles. The van der Waals surface area contributed by atoms with Crippen molar-refractivity contribution in [2.45, 2.75) is 186 Å². The average Bonchev–Trinajstić information content (AvgIpc) is 2.91. The fraction of sp³-hybridized carbons (Fsp3) is 1.00. The fourth-order valence-corrected chi connectivity index (χ4v) is 29.7. The lowest BCUT2D eigenvalue weighted by molar-refractivity contribution is 0.0373. The highest BCUT2D eigenvalue weighted by Crippen LogP contribution is 2.31. The highest BCUT2D eigenvalue weighted by atomic mass is 28.5. The molecule has 3 atom stereocenters. The second-order valence-electron chi connectivity index (χ2n) is 13.3. The number of nitrogens with two attached hydrogens (primary N) is 2. The topological polar surface area (TPSA) is 163 Å². The van der Waals surface area contributed by atoms with E-state index in [1.165, 1.54) is 0 Å². The lowest BCUT2D eigenvalue weighted by Gasteiger charge is -2.47. The Morgan fingerprint density at radius 1 is 0.636 bits per heavy atom. The maximum Gasteiger partial charge on any atom is 0.487 e. The molecule has 0 aromatic heterocycles. The molecule has 0 bridgehead atoms. The van der Waals surface area contributed by atoms with Gasteiger partial charge in [0.25, 0.3) is 0 Å². The van der Waals surface area contributed by atoms with Crippen molar-refractivity contribution < 1.29 is 34.9 Å². The lowest BCUT2D eigenvalue weighted by atomic mass is 10.2. The van der Waals surface area contributed by atoms with Crippen LogP contribution in [-0.2, 0) is 25.3 Å². The highest BCUT2D eigenvalue weighted by Gasteiger charge is 2.56. The first-order valence-corrected chi connectivity index (χ1v) is 31.4. The van der Waals surface area contributed by atoms with Crippen LogP contribution < -0.4 is 16.8 Å². The predicted molar refractivity (Wildman–Crippen MR) is 269 cm³/mol. The van der Waals surface area contributed by atoms with Gasteiger partial charge in [-0.2, -0.15) is 0 Å². The summed E-state index contributed by atoms with van der Waals surface area (Å²) in [5.74, 6) is 0. The molecule has 0 aliphatic carbocycles. The summed E-state index contributed by atoms with van der Waals surface area (Å²) in [6.45, 7) is 20.7. The number of hydrogen-bond acceptors (Lipinski definition) is 12. The number of nitrogens with zero attached hydrogens (tertiary/aromatic N) is 1. The minimum atomic E-state index is -3.68. The third-order valence-electron chi connectivity index (χ3n) is 6.53. The summed E-state index contributed by atoms with van der Waals surface area (Å²) in [5.41, 5.74) is 11.3. The Labute approximate surface area is 361 Å². The quantitative estimate of drug-likeness (QED) is 0.0414. The molecule has 1 aliphatic rings. The molecule has 19 heteroatoms. The summed E-state index contributed by atoms with van der Waals surface area (Å²) in [7, 11) is -11.7. The number of morpholine rings is 1. The molecule has 350 valence electrons. The van der Waals surface area contributed by atoms with Gasteiger partial charge in [0.1, 0.15) is 8.19 Å². The molecular formula is C36H111BN4O8Si6. The highest BCUT2D eigenvalue weighted by molar-refractivity contribution is 7.14. The maximum absolute atomic E-state index is 8.12. The first kappa shape index (κ1) is 80.0. The molecule has 0 amide bonds. The van der Waals surface area contributed by atoms with Crippen molar-refractivity contribution in [2.75, 3.05) is 58.7 Å². The van der Waals surface area contributed by atoms with E-state index in [2.05, 4.69) is 10.2 Å².